The quantitative estimate of drug-likeness (QED) is 0.581. The van der Waals surface area contributed by atoms with Crippen LogP contribution in [-0.4, -0.2) is 34.4 Å². The maximum Gasteiger partial charge on any atom is 0.153 e. The molecule has 1 N–H and O–H groups in total. The number of nitrogens with one attached hydrogen (secondary N) is 1. The zero-order valence-electron chi connectivity index (χ0n) is 8.75. The Kier molecular flexibility index (Phi) is 5.25. The number of piperidine rings is 1. The van der Waals surface area contributed by atoms with Gasteiger partial charge in [-0.3, -0.25) is 5.43 Å². The molecule has 0 aromatic carbocycles. The van der Waals surface area contributed by atoms with Crippen molar-refractivity contribution in [2.75, 3.05) is 19.3 Å². The van der Waals surface area contributed by atoms with E-state index in [4.69, 9.17) is 12.2 Å². The molecule has 5 heteroatoms. The predicted octanol–water partition coefficient (Wildman–Crippen LogP) is 2.04. The largest absolute Gasteiger partial charge is 0.359 e. The van der Waals surface area contributed by atoms with Crippen LogP contribution in [0.15, 0.2) is 5.10 Å². The lowest BCUT2D eigenvalue weighted by Gasteiger charge is -2.28. The highest BCUT2D eigenvalue weighted by atomic mass is 32.2. The number of hydrazone groups is 1. The topological polar surface area (TPSA) is 27.6 Å². The molecule has 0 saturated carbocycles. The zero-order chi connectivity index (χ0) is 10.4. The Balaban J connectivity index is 2.50. The number of amidine groups is 1. The summed E-state index contributed by atoms with van der Waals surface area (Å²) < 4.78 is 0.735. The normalized spacial score (nSPS) is 19.9. The Morgan fingerprint density at radius 3 is 3.07 bits per heavy atom. The van der Waals surface area contributed by atoms with E-state index in [9.17, 15) is 0 Å². The third kappa shape index (κ3) is 3.46. The van der Waals surface area contributed by atoms with Gasteiger partial charge in [0.1, 0.15) is 5.84 Å². The second-order valence-corrected chi connectivity index (χ2v) is 4.65. The van der Waals surface area contributed by atoms with E-state index < -0.39 is 0 Å². The minimum atomic E-state index is 0.735. The number of rotatable bonds is 2. The number of hydrogen-bond donors (Lipinski definition) is 1. The van der Waals surface area contributed by atoms with Crippen LogP contribution >= 0.6 is 24.0 Å². The Bertz CT molecular complexity index is 228. The van der Waals surface area contributed by atoms with Crippen LogP contribution in [0.2, 0.25) is 0 Å². The second kappa shape index (κ2) is 6.24. The first-order valence-corrected chi connectivity index (χ1v) is 6.56. The maximum atomic E-state index is 5.02. The summed E-state index contributed by atoms with van der Waals surface area (Å²) >= 11 is 6.54. The molecule has 0 spiro atoms. The molecule has 14 heavy (non-hydrogen) atoms. The van der Waals surface area contributed by atoms with E-state index in [1.165, 1.54) is 24.6 Å². The molecule has 3 nitrogen and oxygen atoms in total. The fraction of sp³-hybridized carbons (Fsp3) is 0.778. The third-order valence-electron chi connectivity index (χ3n) is 2.29. The molecule has 0 atom stereocenters. The molecule has 1 aliphatic rings. The van der Waals surface area contributed by atoms with E-state index in [-0.39, 0.29) is 0 Å². The molecule has 1 saturated heterocycles. The van der Waals surface area contributed by atoms with E-state index >= 15 is 0 Å². The van der Waals surface area contributed by atoms with Crippen LogP contribution < -0.4 is 5.43 Å². The zero-order valence-corrected chi connectivity index (χ0v) is 10.4. The molecule has 1 heterocycles. The predicted molar refractivity (Wildman–Crippen MR) is 67.8 cm³/mol. The van der Waals surface area contributed by atoms with Crippen LogP contribution in [0, 0.1) is 0 Å². The fourth-order valence-electron chi connectivity index (χ4n) is 1.50. The van der Waals surface area contributed by atoms with Gasteiger partial charge in [-0.1, -0.05) is 24.0 Å². The van der Waals surface area contributed by atoms with Gasteiger partial charge in [-0.2, -0.15) is 5.10 Å². The maximum absolute atomic E-state index is 5.02. The fourth-order valence-corrected chi connectivity index (χ4v) is 1.68. The number of thioether (sulfide) groups is 1. The van der Waals surface area contributed by atoms with Gasteiger partial charge in [0, 0.05) is 19.5 Å². The van der Waals surface area contributed by atoms with Crippen molar-refractivity contribution in [3.05, 3.63) is 0 Å². The lowest BCUT2D eigenvalue weighted by atomic mass is 10.1. The van der Waals surface area contributed by atoms with Crippen molar-refractivity contribution in [1.29, 1.82) is 0 Å². The average molecular weight is 231 g/mol. The molecule has 0 aromatic heterocycles. The summed E-state index contributed by atoms with van der Waals surface area (Å²) in [5.74, 6) is 1.15. The Hall–Kier alpha value is -0.290. The lowest BCUT2D eigenvalue weighted by Crippen LogP contribution is -2.36. The standard InChI is InChI=1S/C9H17N3S2/c1-3-12-7-5-4-6-8(12)10-11-9(13)14-2/h3-7H2,1-2H3,(H,11,13)/b10-8+. The lowest BCUT2D eigenvalue weighted by molar-refractivity contribution is 0.384. The molecule has 1 fully saturated rings. The van der Waals surface area contributed by atoms with E-state index in [1.54, 1.807) is 0 Å². The molecule has 0 unspecified atom stereocenters. The molecular formula is C9H17N3S2. The Labute approximate surface area is 95.3 Å². The molecule has 0 amide bonds. The smallest absolute Gasteiger partial charge is 0.153 e. The van der Waals surface area contributed by atoms with Crippen molar-refractivity contribution in [3.63, 3.8) is 0 Å². The van der Waals surface area contributed by atoms with Gasteiger partial charge in [0.2, 0.25) is 0 Å². The number of nitrogens with zero attached hydrogens (tertiary/aromatic N) is 2. The van der Waals surface area contributed by atoms with Crippen LogP contribution in [0.5, 0.6) is 0 Å². The molecule has 0 aromatic rings. The number of likely N-dealkylation sites (tertiary alicyclic amines) is 1. The van der Waals surface area contributed by atoms with Crippen LogP contribution in [0.25, 0.3) is 0 Å². The van der Waals surface area contributed by atoms with E-state index in [0.29, 0.717) is 0 Å². The van der Waals surface area contributed by atoms with Gasteiger partial charge < -0.3 is 4.90 Å². The molecule has 1 rings (SSSR count). The summed E-state index contributed by atoms with van der Waals surface area (Å²) in [7, 11) is 0. The van der Waals surface area contributed by atoms with Gasteiger partial charge in [-0.05, 0) is 26.0 Å². The van der Waals surface area contributed by atoms with Crippen molar-refractivity contribution in [2.24, 2.45) is 5.10 Å². The van der Waals surface area contributed by atoms with Gasteiger partial charge >= 0.3 is 0 Å². The molecule has 0 bridgehead atoms. The number of thiocarbonyl (C=S) groups is 1. The van der Waals surface area contributed by atoms with E-state index in [1.807, 2.05) is 6.26 Å². The average Bonchev–Trinajstić information content (AvgIpc) is 2.26. The Morgan fingerprint density at radius 2 is 2.43 bits per heavy atom. The van der Waals surface area contributed by atoms with Gasteiger partial charge in [0.25, 0.3) is 0 Å². The summed E-state index contributed by atoms with van der Waals surface area (Å²) in [6.45, 7) is 4.32. The van der Waals surface area contributed by atoms with Crippen molar-refractivity contribution >= 4 is 34.1 Å². The van der Waals surface area contributed by atoms with Crippen molar-refractivity contribution in [3.8, 4) is 0 Å². The van der Waals surface area contributed by atoms with Crippen molar-refractivity contribution in [2.45, 2.75) is 26.2 Å². The molecule has 80 valence electrons. The van der Waals surface area contributed by atoms with Gasteiger partial charge in [-0.25, -0.2) is 0 Å². The van der Waals surface area contributed by atoms with Crippen molar-refractivity contribution < 1.29 is 0 Å². The molecule has 0 aliphatic carbocycles. The summed E-state index contributed by atoms with van der Waals surface area (Å²) in [4.78, 5) is 2.31. The van der Waals surface area contributed by atoms with Crippen molar-refractivity contribution in [1.82, 2.24) is 10.3 Å². The van der Waals surface area contributed by atoms with E-state index in [2.05, 4.69) is 22.4 Å². The van der Waals surface area contributed by atoms with Gasteiger partial charge in [0.15, 0.2) is 4.32 Å². The first kappa shape index (κ1) is 11.8. The SMILES string of the molecule is CCN1CCCC/C1=N\NC(=S)SC. The highest BCUT2D eigenvalue weighted by Gasteiger charge is 2.14. The van der Waals surface area contributed by atoms with Crippen LogP contribution in [-0.2, 0) is 0 Å². The minimum absolute atomic E-state index is 0.735. The summed E-state index contributed by atoms with van der Waals surface area (Å²) in [5, 5.41) is 4.34. The summed E-state index contributed by atoms with van der Waals surface area (Å²) in [6, 6.07) is 0. The van der Waals surface area contributed by atoms with Crippen LogP contribution in [0.3, 0.4) is 0 Å². The molecule has 0 radical (unpaired) electrons. The first-order valence-electron chi connectivity index (χ1n) is 4.93. The number of hydrogen-bond acceptors (Lipinski definition) is 3. The first-order chi connectivity index (χ1) is 6.77. The van der Waals surface area contributed by atoms with Crippen LogP contribution in [0.1, 0.15) is 26.2 Å². The van der Waals surface area contributed by atoms with E-state index in [0.717, 1.165) is 29.7 Å². The summed E-state index contributed by atoms with van der Waals surface area (Å²) in [5.41, 5.74) is 2.91. The summed E-state index contributed by atoms with van der Waals surface area (Å²) in [6.07, 6.45) is 5.54. The highest BCUT2D eigenvalue weighted by molar-refractivity contribution is 8.22. The minimum Gasteiger partial charge on any atom is -0.359 e. The molecule has 1 aliphatic heterocycles. The highest BCUT2D eigenvalue weighted by Crippen LogP contribution is 2.11. The third-order valence-corrected chi connectivity index (χ3v) is 3.34. The van der Waals surface area contributed by atoms with Gasteiger partial charge in [0.05, 0.1) is 0 Å². The van der Waals surface area contributed by atoms with Crippen LogP contribution in [0.4, 0.5) is 0 Å². The Morgan fingerprint density at radius 1 is 1.64 bits per heavy atom. The second-order valence-electron chi connectivity index (χ2n) is 3.17. The monoisotopic (exact) mass is 231 g/mol. The van der Waals surface area contributed by atoms with Gasteiger partial charge in [-0.15, -0.1) is 0 Å². The molecular weight excluding hydrogens is 214 g/mol.